The molecule has 0 saturated carbocycles. The highest BCUT2D eigenvalue weighted by Crippen LogP contribution is 2.43. The van der Waals surface area contributed by atoms with Crippen LogP contribution in [-0.4, -0.2) is 19.0 Å². The zero-order chi connectivity index (χ0) is 13.3. The number of alkyl halides is 5. The zero-order valence-corrected chi connectivity index (χ0v) is 10.9. The first kappa shape index (κ1) is 13.6. The average molecular weight is 327 g/mol. The van der Waals surface area contributed by atoms with Crippen LogP contribution in [0.4, 0.5) is 17.6 Å². The van der Waals surface area contributed by atoms with Crippen LogP contribution in [0, 0.1) is 0 Å². The van der Waals surface area contributed by atoms with Gasteiger partial charge in [-0.25, -0.2) is 8.78 Å². The molecule has 1 aromatic rings. The molecule has 1 unspecified atom stereocenters. The van der Waals surface area contributed by atoms with Crippen LogP contribution in [0.25, 0.3) is 0 Å². The van der Waals surface area contributed by atoms with E-state index < -0.39 is 17.2 Å². The van der Waals surface area contributed by atoms with Crippen molar-refractivity contribution in [2.75, 3.05) is 6.61 Å². The van der Waals surface area contributed by atoms with E-state index >= 15 is 0 Å². The molecule has 0 fully saturated rings. The van der Waals surface area contributed by atoms with Crippen molar-refractivity contribution in [3.05, 3.63) is 29.3 Å². The molecule has 0 amide bonds. The summed E-state index contributed by atoms with van der Waals surface area (Å²) >= 11 is 2.67. The first-order valence-electron chi connectivity index (χ1n) is 5.48. The maximum Gasteiger partial charge on any atom is 0.323 e. The molecule has 1 aromatic carbocycles. The molecule has 1 atom stereocenters. The second-order valence-corrected chi connectivity index (χ2v) is 5.07. The molecule has 0 bridgehead atoms. The van der Waals surface area contributed by atoms with Crippen LogP contribution in [0.3, 0.4) is 0 Å². The first-order chi connectivity index (χ1) is 8.43. The van der Waals surface area contributed by atoms with Crippen LogP contribution in [0.2, 0.25) is 0 Å². The number of aryl methyl sites for hydroxylation is 1. The molecule has 6 heteroatoms. The minimum atomic E-state index is -4.09. The van der Waals surface area contributed by atoms with Gasteiger partial charge in [0.2, 0.25) is 0 Å². The Morgan fingerprint density at radius 3 is 2.67 bits per heavy atom. The molecule has 0 aliphatic carbocycles. The second kappa shape index (κ2) is 5.07. The predicted octanol–water partition coefficient (Wildman–Crippen LogP) is 4.35. The van der Waals surface area contributed by atoms with E-state index in [4.69, 9.17) is 4.74 Å². The fraction of sp³-hybridized carbons (Fsp3) is 0.500. The summed E-state index contributed by atoms with van der Waals surface area (Å²) in [5.74, 6) is -3.45. The standard InChI is InChI=1S/C12H11BrF4O/c13-10(12(16,17)11(14)15)8-3-4-9-7(6-8)2-1-5-18-9/h3-4,6,10-11H,1-2,5H2. The summed E-state index contributed by atoms with van der Waals surface area (Å²) in [7, 11) is 0. The van der Waals surface area contributed by atoms with Crippen molar-refractivity contribution in [2.45, 2.75) is 30.0 Å². The average Bonchev–Trinajstić information content (AvgIpc) is 2.37. The maximum atomic E-state index is 13.2. The van der Waals surface area contributed by atoms with Crippen molar-refractivity contribution in [1.82, 2.24) is 0 Å². The van der Waals surface area contributed by atoms with Crippen LogP contribution in [0.5, 0.6) is 5.75 Å². The lowest BCUT2D eigenvalue weighted by Gasteiger charge is -2.24. The number of rotatable bonds is 3. The highest BCUT2D eigenvalue weighted by molar-refractivity contribution is 9.09. The second-order valence-electron chi connectivity index (χ2n) is 4.16. The lowest BCUT2D eigenvalue weighted by Crippen LogP contribution is -2.31. The number of ether oxygens (including phenoxy) is 1. The van der Waals surface area contributed by atoms with E-state index in [2.05, 4.69) is 15.9 Å². The highest BCUT2D eigenvalue weighted by Gasteiger charge is 2.48. The van der Waals surface area contributed by atoms with Gasteiger partial charge in [-0.1, -0.05) is 28.1 Å². The first-order valence-corrected chi connectivity index (χ1v) is 6.40. The summed E-state index contributed by atoms with van der Waals surface area (Å²) in [6, 6.07) is 4.45. The molecule has 100 valence electrons. The highest BCUT2D eigenvalue weighted by atomic mass is 79.9. The topological polar surface area (TPSA) is 9.23 Å². The number of hydrogen-bond acceptors (Lipinski definition) is 1. The van der Waals surface area contributed by atoms with E-state index in [9.17, 15) is 17.6 Å². The van der Waals surface area contributed by atoms with Gasteiger partial charge in [-0.2, -0.15) is 8.78 Å². The van der Waals surface area contributed by atoms with E-state index in [1.807, 2.05) is 0 Å². The Bertz CT molecular complexity index is 436. The molecule has 1 aliphatic heterocycles. The third-order valence-corrected chi connectivity index (χ3v) is 3.99. The number of fused-ring (bicyclic) bond motifs is 1. The summed E-state index contributed by atoms with van der Waals surface area (Å²) in [5, 5.41) is 0. The Hall–Kier alpha value is -0.780. The minimum Gasteiger partial charge on any atom is -0.493 e. The third-order valence-electron chi connectivity index (χ3n) is 2.85. The van der Waals surface area contributed by atoms with Gasteiger partial charge in [0, 0.05) is 0 Å². The van der Waals surface area contributed by atoms with Crippen LogP contribution >= 0.6 is 15.9 Å². The lowest BCUT2D eigenvalue weighted by molar-refractivity contribution is -0.127. The van der Waals surface area contributed by atoms with Crippen molar-refractivity contribution in [1.29, 1.82) is 0 Å². The third kappa shape index (κ3) is 2.48. The molecule has 0 saturated heterocycles. The summed E-state index contributed by atoms with van der Waals surface area (Å²) in [5.41, 5.74) is 0.929. The van der Waals surface area contributed by atoms with E-state index in [0.717, 1.165) is 12.0 Å². The molecule has 1 heterocycles. The monoisotopic (exact) mass is 326 g/mol. The predicted molar refractivity (Wildman–Crippen MR) is 62.9 cm³/mol. The van der Waals surface area contributed by atoms with Crippen LogP contribution in [-0.2, 0) is 6.42 Å². The Balaban J connectivity index is 2.28. The molecule has 0 aromatic heterocycles. The zero-order valence-electron chi connectivity index (χ0n) is 9.31. The van der Waals surface area contributed by atoms with Crippen LogP contribution < -0.4 is 4.74 Å². The van der Waals surface area contributed by atoms with Crippen molar-refractivity contribution in [3.63, 3.8) is 0 Å². The van der Waals surface area contributed by atoms with E-state index in [1.54, 1.807) is 6.07 Å². The number of halogens is 5. The fourth-order valence-corrected chi connectivity index (χ4v) is 2.36. The molecule has 0 N–H and O–H groups in total. The maximum absolute atomic E-state index is 13.2. The molecule has 1 aliphatic rings. The molecule has 2 rings (SSSR count). The summed E-state index contributed by atoms with van der Waals surface area (Å²) < 4.78 is 56.4. The van der Waals surface area contributed by atoms with Gasteiger partial charge in [0.05, 0.1) is 6.61 Å². The van der Waals surface area contributed by atoms with Crippen molar-refractivity contribution in [3.8, 4) is 5.75 Å². The molecule has 0 radical (unpaired) electrons. The van der Waals surface area contributed by atoms with Gasteiger partial charge < -0.3 is 4.74 Å². The largest absolute Gasteiger partial charge is 0.493 e. The Kier molecular flexibility index (Phi) is 3.84. The smallest absolute Gasteiger partial charge is 0.323 e. The molecule has 0 spiro atoms. The summed E-state index contributed by atoms with van der Waals surface area (Å²) in [4.78, 5) is -1.70. The molecular weight excluding hydrogens is 316 g/mol. The molecular formula is C12H11BrF4O. The van der Waals surface area contributed by atoms with Gasteiger partial charge in [0.15, 0.2) is 0 Å². The Morgan fingerprint density at radius 2 is 2.00 bits per heavy atom. The number of hydrogen-bond donors (Lipinski definition) is 0. The Morgan fingerprint density at radius 1 is 1.28 bits per heavy atom. The van der Waals surface area contributed by atoms with E-state index in [0.29, 0.717) is 18.8 Å². The fourth-order valence-electron chi connectivity index (χ4n) is 1.87. The van der Waals surface area contributed by atoms with Crippen molar-refractivity contribution in [2.24, 2.45) is 0 Å². The normalized spacial score (nSPS) is 17.2. The van der Waals surface area contributed by atoms with Gasteiger partial charge in [0.1, 0.15) is 10.6 Å². The van der Waals surface area contributed by atoms with E-state index in [-0.39, 0.29) is 5.56 Å². The number of benzene rings is 1. The van der Waals surface area contributed by atoms with Gasteiger partial charge in [-0.05, 0) is 30.0 Å². The van der Waals surface area contributed by atoms with Crippen molar-refractivity contribution >= 4 is 15.9 Å². The molecule has 1 nitrogen and oxygen atoms in total. The van der Waals surface area contributed by atoms with Gasteiger partial charge in [-0.3, -0.25) is 0 Å². The quantitative estimate of drug-likeness (QED) is 0.592. The van der Waals surface area contributed by atoms with Gasteiger partial charge >= 0.3 is 12.3 Å². The Labute approximate surface area is 110 Å². The lowest BCUT2D eigenvalue weighted by atomic mass is 10.00. The molecule has 18 heavy (non-hydrogen) atoms. The summed E-state index contributed by atoms with van der Waals surface area (Å²) in [6.45, 7) is 0.595. The SMILES string of the molecule is FC(F)C(F)(F)C(Br)c1ccc2c(c1)CCCO2. The van der Waals surface area contributed by atoms with Crippen LogP contribution in [0.15, 0.2) is 18.2 Å². The van der Waals surface area contributed by atoms with Gasteiger partial charge in [0.25, 0.3) is 0 Å². The van der Waals surface area contributed by atoms with E-state index in [1.165, 1.54) is 12.1 Å². The summed E-state index contributed by atoms with van der Waals surface area (Å²) in [6.07, 6.45) is -2.19. The van der Waals surface area contributed by atoms with Gasteiger partial charge in [-0.15, -0.1) is 0 Å². The van der Waals surface area contributed by atoms with Crippen LogP contribution in [0.1, 0.15) is 22.4 Å². The minimum absolute atomic E-state index is 0.143. The van der Waals surface area contributed by atoms with Crippen molar-refractivity contribution < 1.29 is 22.3 Å².